The van der Waals surface area contributed by atoms with E-state index in [1.54, 1.807) is 27.2 Å². The first-order valence-electron chi connectivity index (χ1n) is 10.8. The van der Waals surface area contributed by atoms with Crippen molar-refractivity contribution in [3.05, 3.63) is 100 Å². The topological polar surface area (TPSA) is 81.3 Å². The number of aryl methyl sites for hydroxylation is 2. The van der Waals surface area contributed by atoms with E-state index >= 15 is 0 Å². The van der Waals surface area contributed by atoms with Crippen LogP contribution in [0.25, 0.3) is 16.7 Å². The molecule has 0 unspecified atom stereocenters. The highest BCUT2D eigenvalue weighted by molar-refractivity contribution is 7.99. The Balaban J connectivity index is 1.45. The van der Waals surface area contributed by atoms with Crippen LogP contribution in [0.2, 0.25) is 0 Å². The fraction of sp³-hybridized carbons (Fsp3) is 0.120. The van der Waals surface area contributed by atoms with E-state index in [9.17, 15) is 18.4 Å². The summed E-state index contributed by atoms with van der Waals surface area (Å²) in [5.74, 6) is -1.79. The van der Waals surface area contributed by atoms with E-state index in [1.165, 1.54) is 6.07 Å². The first-order chi connectivity index (χ1) is 17.0. The second kappa shape index (κ2) is 9.67. The molecule has 0 aliphatic heterocycles. The van der Waals surface area contributed by atoms with Gasteiger partial charge in [0.05, 0.1) is 22.3 Å². The van der Waals surface area contributed by atoms with Crippen molar-refractivity contribution in [1.29, 1.82) is 0 Å². The van der Waals surface area contributed by atoms with Crippen molar-refractivity contribution in [2.24, 2.45) is 0 Å². The van der Waals surface area contributed by atoms with Gasteiger partial charge in [0.15, 0.2) is 5.16 Å². The summed E-state index contributed by atoms with van der Waals surface area (Å²) in [6.07, 6.45) is 0.635. The van der Waals surface area contributed by atoms with Crippen LogP contribution < -0.4 is 10.9 Å². The number of hydrogen-bond donors (Lipinski definition) is 1. The lowest BCUT2D eigenvalue weighted by Gasteiger charge is -2.11. The van der Waals surface area contributed by atoms with E-state index in [-0.39, 0.29) is 17.0 Å². The predicted octanol–water partition coefficient (Wildman–Crippen LogP) is 4.30. The van der Waals surface area contributed by atoms with Crippen molar-refractivity contribution in [1.82, 2.24) is 19.2 Å². The minimum atomic E-state index is -0.857. The van der Waals surface area contributed by atoms with Crippen LogP contribution in [0, 0.1) is 11.6 Å². The summed E-state index contributed by atoms with van der Waals surface area (Å²) in [4.78, 5) is 25.7. The van der Waals surface area contributed by atoms with Gasteiger partial charge in [0.2, 0.25) is 11.7 Å². The molecule has 10 heteroatoms. The first-order valence-corrected chi connectivity index (χ1v) is 11.8. The fourth-order valence-corrected chi connectivity index (χ4v) is 4.56. The summed E-state index contributed by atoms with van der Waals surface area (Å²) in [5, 5.41) is 11.8. The van der Waals surface area contributed by atoms with Crippen LogP contribution in [0.5, 0.6) is 0 Å². The standard InChI is InChI=1S/C25H19F2N5O2S/c26-17-10-11-20(19(27)14-17)28-22(33)15-35-25-30-29-24-31(13-12-16-6-2-1-3-7-16)23(34)18-8-4-5-9-21(18)32(24)25/h1-11,14H,12-13,15H2,(H,28,33). The largest absolute Gasteiger partial charge is 0.323 e. The van der Waals surface area contributed by atoms with Crippen molar-refractivity contribution in [2.45, 2.75) is 18.1 Å². The predicted molar refractivity (Wildman–Crippen MR) is 131 cm³/mol. The molecule has 0 saturated heterocycles. The van der Waals surface area contributed by atoms with Crippen molar-refractivity contribution in [3.63, 3.8) is 0 Å². The van der Waals surface area contributed by atoms with Crippen molar-refractivity contribution in [3.8, 4) is 0 Å². The maximum absolute atomic E-state index is 13.9. The Morgan fingerprint density at radius 1 is 0.971 bits per heavy atom. The number of benzene rings is 3. The lowest BCUT2D eigenvalue weighted by Crippen LogP contribution is -2.24. The number of para-hydroxylation sites is 1. The first kappa shape index (κ1) is 22.7. The van der Waals surface area contributed by atoms with Gasteiger partial charge in [-0.3, -0.25) is 18.6 Å². The smallest absolute Gasteiger partial charge is 0.262 e. The minimum Gasteiger partial charge on any atom is -0.323 e. The van der Waals surface area contributed by atoms with Gasteiger partial charge in [0, 0.05) is 12.6 Å². The second-order valence-electron chi connectivity index (χ2n) is 7.79. The summed E-state index contributed by atoms with van der Waals surface area (Å²) >= 11 is 1.10. The average molecular weight is 492 g/mol. The highest BCUT2D eigenvalue weighted by atomic mass is 32.2. The van der Waals surface area contributed by atoms with Crippen LogP contribution >= 0.6 is 11.8 Å². The number of carbonyl (C=O) groups is 1. The van der Waals surface area contributed by atoms with Crippen LogP contribution in [0.15, 0.2) is 82.7 Å². The van der Waals surface area contributed by atoms with E-state index < -0.39 is 17.5 Å². The molecule has 0 spiro atoms. The summed E-state index contributed by atoms with van der Waals surface area (Å²) in [6, 6.07) is 19.9. The second-order valence-corrected chi connectivity index (χ2v) is 8.73. The third-order valence-electron chi connectivity index (χ3n) is 5.48. The maximum atomic E-state index is 13.9. The maximum Gasteiger partial charge on any atom is 0.262 e. The number of thioether (sulfide) groups is 1. The zero-order valence-electron chi connectivity index (χ0n) is 18.3. The molecule has 5 rings (SSSR count). The van der Waals surface area contributed by atoms with Crippen LogP contribution in [-0.4, -0.2) is 30.8 Å². The number of fused-ring (bicyclic) bond motifs is 3. The molecule has 1 amide bonds. The number of rotatable bonds is 7. The Morgan fingerprint density at radius 3 is 2.54 bits per heavy atom. The van der Waals surface area contributed by atoms with Crippen LogP contribution in [0.4, 0.5) is 14.5 Å². The molecule has 0 saturated carbocycles. The Kier molecular flexibility index (Phi) is 6.28. The van der Waals surface area contributed by atoms with E-state index in [1.807, 2.05) is 36.4 Å². The van der Waals surface area contributed by atoms with Gasteiger partial charge in [-0.25, -0.2) is 8.78 Å². The van der Waals surface area contributed by atoms with Crippen LogP contribution in [0.3, 0.4) is 0 Å². The lowest BCUT2D eigenvalue weighted by atomic mass is 10.1. The lowest BCUT2D eigenvalue weighted by molar-refractivity contribution is -0.113. The molecular weight excluding hydrogens is 472 g/mol. The zero-order chi connectivity index (χ0) is 24.4. The number of anilines is 1. The summed E-state index contributed by atoms with van der Waals surface area (Å²) in [7, 11) is 0. The highest BCUT2D eigenvalue weighted by Crippen LogP contribution is 2.22. The number of amides is 1. The highest BCUT2D eigenvalue weighted by Gasteiger charge is 2.18. The third kappa shape index (κ3) is 4.65. The summed E-state index contributed by atoms with van der Waals surface area (Å²) in [6.45, 7) is 0.407. The van der Waals surface area contributed by atoms with Gasteiger partial charge in [-0.15, -0.1) is 10.2 Å². The molecule has 0 atom stereocenters. The van der Waals surface area contributed by atoms with Gasteiger partial charge in [-0.1, -0.05) is 54.2 Å². The molecule has 176 valence electrons. The van der Waals surface area contributed by atoms with Gasteiger partial charge in [-0.2, -0.15) is 0 Å². The Morgan fingerprint density at radius 2 is 1.74 bits per heavy atom. The normalized spacial score (nSPS) is 11.3. The molecule has 3 aromatic carbocycles. The Hall–Kier alpha value is -4.05. The van der Waals surface area contributed by atoms with Crippen molar-refractivity contribution < 1.29 is 13.6 Å². The molecule has 2 aromatic heterocycles. The van der Waals surface area contributed by atoms with Crippen LogP contribution in [-0.2, 0) is 17.8 Å². The third-order valence-corrected chi connectivity index (χ3v) is 6.41. The average Bonchev–Trinajstić information content (AvgIpc) is 3.29. The number of hydrogen-bond acceptors (Lipinski definition) is 5. The summed E-state index contributed by atoms with van der Waals surface area (Å²) in [5.41, 5.74) is 1.44. The van der Waals surface area contributed by atoms with E-state index in [2.05, 4.69) is 15.5 Å². The molecule has 2 heterocycles. The number of nitrogens with one attached hydrogen (secondary N) is 1. The number of carbonyl (C=O) groups excluding carboxylic acids is 1. The number of halogens is 2. The summed E-state index contributed by atoms with van der Waals surface area (Å²) < 4.78 is 30.3. The van der Waals surface area contributed by atoms with Gasteiger partial charge < -0.3 is 5.32 Å². The van der Waals surface area contributed by atoms with Gasteiger partial charge >= 0.3 is 0 Å². The van der Waals surface area contributed by atoms with Gasteiger partial charge in [-0.05, 0) is 36.2 Å². The molecule has 0 aliphatic rings. The molecule has 1 N–H and O–H groups in total. The molecule has 0 fully saturated rings. The monoisotopic (exact) mass is 491 g/mol. The Bertz CT molecular complexity index is 1600. The van der Waals surface area contributed by atoms with E-state index in [4.69, 9.17) is 0 Å². The molecule has 7 nitrogen and oxygen atoms in total. The Labute approximate surface area is 202 Å². The number of nitrogens with zero attached hydrogens (tertiary/aromatic N) is 4. The fourth-order valence-electron chi connectivity index (χ4n) is 3.82. The van der Waals surface area contributed by atoms with E-state index in [0.29, 0.717) is 40.9 Å². The molecule has 5 aromatic rings. The SMILES string of the molecule is O=C(CSc1nnc2n(CCc3ccccc3)c(=O)c3ccccc3n12)Nc1ccc(F)cc1F. The quantitative estimate of drug-likeness (QED) is 0.344. The van der Waals surface area contributed by atoms with Gasteiger partial charge in [0.25, 0.3) is 5.56 Å². The molecular formula is C25H19F2N5O2S. The van der Waals surface area contributed by atoms with Crippen molar-refractivity contribution in [2.75, 3.05) is 11.1 Å². The molecule has 0 radical (unpaired) electrons. The molecule has 0 aliphatic carbocycles. The van der Waals surface area contributed by atoms with E-state index in [0.717, 1.165) is 23.4 Å². The van der Waals surface area contributed by atoms with Crippen molar-refractivity contribution >= 4 is 40.0 Å². The molecule has 35 heavy (non-hydrogen) atoms. The molecule has 0 bridgehead atoms. The van der Waals surface area contributed by atoms with Gasteiger partial charge in [0.1, 0.15) is 11.6 Å². The zero-order valence-corrected chi connectivity index (χ0v) is 19.1. The van der Waals surface area contributed by atoms with Crippen LogP contribution in [0.1, 0.15) is 5.56 Å². The minimum absolute atomic E-state index is 0.0882. The number of aromatic nitrogens is 4.